The van der Waals surface area contributed by atoms with Crippen LogP contribution >= 0.6 is 0 Å². The third-order valence-corrected chi connectivity index (χ3v) is 5.68. The smallest absolute Gasteiger partial charge is 0.355 e. The van der Waals surface area contributed by atoms with Crippen LogP contribution in [0.5, 0.6) is 0 Å². The molecule has 1 heterocycles. The van der Waals surface area contributed by atoms with Gasteiger partial charge in [-0.05, 0) is 42.3 Å². The SMILES string of the molecule is COC(=O)c1c(-c2ccc(F)cc2)c(Cc2ccccc2)n(-c2ccc(C)cc2)c1C(=O)OC. The lowest BCUT2D eigenvalue weighted by atomic mass is 9.97. The molecule has 0 amide bonds. The van der Waals surface area contributed by atoms with E-state index in [1.165, 1.54) is 26.4 Å². The highest BCUT2D eigenvalue weighted by molar-refractivity contribution is 6.09. The third kappa shape index (κ3) is 4.35. The van der Waals surface area contributed by atoms with Gasteiger partial charge >= 0.3 is 11.9 Å². The van der Waals surface area contributed by atoms with Crippen molar-refractivity contribution in [2.45, 2.75) is 13.3 Å². The van der Waals surface area contributed by atoms with Crippen LogP contribution in [0.25, 0.3) is 16.8 Å². The van der Waals surface area contributed by atoms with Crippen molar-refractivity contribution in [3.63, 3.8) is 0 Å². The molecule has 0 radical (unpaired) electrons. The molecule has 0 unspecified atom stereocenters. The lowest BCUT2D eigenvalue weighted by molar-refractivity contribution is 0.0550. The van der Waals surface area contributed by atoms with Gasteiger partial charge in [-0.15, -0.1) is 0 Å². The van der Waals surface area contributed by atoms with E-state index >= 15 is 0 Å². The van der Waals surface area contributed by atoms with E-state index in [1.54, 1.807) is 16.7 Å². The fourth-order valence-corrected chi connectivity index (χ4v) is 4.08. The zero-order valence-corrected chi connectivity index (χ0v) is 19.2. The second-order valence-electron chi connectivity index (χ2n) is 7.87. The van der Waals surface area contributed by atoms with Crippen LogP contribution in [0.3, 0.4) is 0 Å². The molecular weight excluding hydrogens is 433 g/mol. The van der Waals surface area contributed by atoms with Crippen molar-refractivity contribution in [3.8, 4) is 16.8 Å². The molecule has 0 fully saturated rings. The summed E-state index contributed by atoms with van der Waals surface area (Å²) in [5.74, 6) is -1.76. The number of halogens is 1. The summed E-state index contributed by atoms with van der Waals surface area (Å²) in [4.78, 5) is 26.2. The molecule has 0 saturated carbocycles. The summed E-state index contributed by atoms with van der Waals surface area (Å²) in [6.45, 7) is 1.97. The number of aryl methyl sites for hydroxylation is 1. The number of aromatic nitrogens is 1. The van der Waals surface area contributed by atoms with Crippen LogP contribution in [-0.4, -0.2) is 30.7 Å². The molecule has 0 aliphatic rings. The van der Waals surface area contributed by atoms with Gasteiger partial charge in [-0.1, -0.05) is 60.2 Å². The van der Waals surface area contributed by atoms with Crippen LogP contribution in [0.2, 0.25) is 0 Å². The molecule has 0 saturated heterocycles. The number of carbonyl (C=O) groups excluding carboxylic acids is 2. The Balaban J connectivity index is 2.14. The number of nitrogens with zero attached hydrogens (tertiary/aromatic N) is 1. The van der Waals surface area contributed by atoms with Crippen molar-refractivity contribution in [2.24, 2.45) is 0 Å². The highest BCUT2D eigenvalue weighted by Gasteiger charge is 2.33. The van der Waals surface area contributed by atoms with Gasteiger partial charge < -0.3 is 14.0 Å². The largest absolute Gasteiger partial charge is 0.465 e. The van der Waals surface area contributed by atoms with Crippen molar-refractivity contribution in [1.82, 2.24) is 4.57 Å². The normalized spacial score (nSPS) is 10.7. The number of carbonyl (C=O) groups is 2. The standard InChI is InChI=1S/C28H24FNO4/c1-18-9-15-22(16-10-18)30-23(17-19-7-5-4-6-8-19)24(20-11-13-21(29)14-12-20)25(27(31)33-2)26(30)28(32)34-3/h4-16H,17H2,1-3H3. The van der Waals surface area contributed by atoms with Crippen molar-refractivity contribution in [3.05, 3.63) is 113 Å². The van der Waals surface area contributed by atoms with E-state index in [0.717, 1.165) is 11.1 Å². The van der Waals surface area contributed by atoms with Crippen LogP contribution in [0.1, 0.15) is 37.7 Å². The maximum atomic E-state index is 13.8. The summed E-state index contributed by atoms with van der Waals surface area (Å²) in [6, 6.07) is 23.2. The Morgan fingerprint density at radius 3 is 2.03 bits per heavy atom. The number of ether oxygens (including phenoxy) is 2. The number of esters is 2. The Labute approximate surface area is 197 Å². The molecule has 34 heavy (non-hydrogen) atoms. The summed E-state index contributed by atoms with van der Waals surface area (Å²) in [7, 11) is 2.53. The zero-order valence-electron chi connectivity index (χ0n) is 19.2. The fourth-order valence-electron chi connectivity index (χ4n) is 4.08. The molecule has 0 atom stereocenters. The molecule has 0 spiro atoms. The van der Waals surface area contributed by atoms with E-state index in [4.69, 9.17) is 9.47 Å². The Bertz CT molecular complexity index is 1240. The predicted octanol–water partition coefficient (Wildman–Crippen LogP) is 5.76. The topological polar surface area (TPSA) is 57.5 Å². The number of benzene rings is 3. The number of hydrogen-bond donors (Lipinski definition) is 0. The Morgan fingerprint density at radius 2 is 1.44 bits per heavy atom. The monoisotopic (exact) mass is 457 g/mol. The van der Waals surface area contributed by atoms with Crippen LogP contribution in [-0.2, 0) is 15.9 Å². The molecular formula is C28H24FNO4. The van der Waals surface area contributed by atoms with Gasteiger partial charge in [0.1, 0.15) is 17.1 Å². The minimum atomic E-state index is -0.681. The quantitative estimate of drug-likeness (QED) is 0.346. The first-order valence-corrected chi connectivity index (χ1v) is 10.8. The number of hydrogen-bond acceptors (Lipinski definition) is 4. The lowest BCUT2D eigenvalue weighted by Crippen LogP contribution is -2.16. The molecule has 3 aromatic carbocycles. The van der Waals surface area contributed by atoms with E-state index < -0.39 is 17.8 Å². The van der Waals surface area contributed by atoms with Crippen LogP contribution < -0.4 is 0 Å². The average molecular weight is 458 g/mol. The first-order valence-electron chi connectivity index (χ1n) is 10.8. The Morgan fingerprint density at radius 1 is 0.824 bits per heavy atom. The van der Waals surface area contributed by atoms with Crippen molar-refractivity contribution < 1.29 is 23.5 Å². The van der Waals surface area contributed by atoms with Gasteiger partial charge in [-0.2, -0.15) is 0 Å². The van der Waals surface area contributed by atoms with Crippen molar-refractivity contribution in [1.29, 1.82) is 0 Å². The highest BCUT2D eigenvalue weighted by Crippen LogP contribution is 2.37. The summed E-state index contributed by atoms with van der Waals surface area (Å²) in [5, 5.41) is 0. The minimum Gasteiger partial charge on any atom is -0.465 e. The second-order valence-corrected chi connectivity index (χ2v) is 7.87. The average Bonchev–Trinajstić information content (AvgIpc) is 3.19. The second kappa shape index (κ2) is 9.75. The third-order valence-electron chi connectivity index (χ3n) is 5.68. The van der Waals surface area contributed by atoms with Gasteiger partial charge in [0.2, 0.25) is 0 Å². The first-order chi connectivity index (χ1) is 16.4. The molecule has 0 aliphatic carbocycles. The van der Waals surface area contributed by atoms with Crippen LogP contribution in [0.4, 0.5) is 4.39 Å². The Kier molecular flexibility index (Phi) is 6.59. The van der Waals surface area contributed by atoms with E-state index in [-0.39, 0.29) is 11.3 Å². The van der Waals surface area contributed by atoms with Gasteiger partial charge in [-0.3, -0.25) is 0 Å². The highest BCUT2D eigenvalue weighted by atomic mass is 19.1. The van der Waals surface area contributed by atoms with E-state index in [0.29, 0.717) is 28.9 Å². The number of rotatable bonds is 6. The summed E-state index contributed by atoms with van der Waals surface area (Å²) in [6.07, 6.45) is 0.405. The van der Waals surface area contributed by atoms with Gasteiger partial charge in [0, 0.05) is 23.4 Å². The fraction of sp³-hybridized carbons (Fsp3) is 0.143. The van der Waals surface area contributed by atoms with E-state index in [1.807, 2.05) is 61.5 Å². The molecule has 0 bridgehead atoms. The summed E-state index contributed by atoms with van der Waals surface area (Å²) in [5.41, 5.74) is 4.62. The predicted molar refractivity (Wildman–Crippen MR) is 128 cm³/mol. The first kappa shape index (κ1) is 23.0. The zero-order chi connectivity index (χ0) is 24.2. The van der Waals surface area contributed by atoms with Crippen molar-refractivity contribution in [2.75, 3.05) is 14.2 Å². The lowest BCUT2D eigenvalue weighted by Gasteiger charge is -2.14. The molecule has 1 aromatic heterocycles. The number of methoxy groups -OCH3 is 2. The van der Waals surface area contributed by atoms with Crippen LogP contribution in [0, 0.1) is 12.7 Å². The molecule has 0 N–H and O–H groups in total. The van der Waals surface area contributed by atoms with E-state index in [9.17, 15) is 14.0 Å². The minimum absolute atomic E-state index is 0.0588. The molecule has 4 rings (SSSR count). The molecule has 4 aromatic rings. The van der Waals surface area contributed by atoms with Gasteiger partial charge in [-0.25, -0.2) is 14.0 Å². The molecule has 0 aliphatic heterocycles. The van der Waals surface area contributed by atoms with Gasteiger partial charge in [0.05, 0.1) is 14.2 Å². The summed E-state index contributed by atoms with van der Waals surface area (Å²) < 4.78 is 25.7. The van der Waals surface area contributed by atoms with Crippen LogP contribution in [0.15, 0.2) is 78.9 Å². The maximum Gasteiger partial charge on any atom is 0.355 e. The summed E-state index contributed by atoms with van der Waals surface area (Å²) >= 11 is 0. The molecule has 6 heteroatoms. The van der Waals surface area contributed by atoms with Gasteiger partial charge in [0.25, 0.3) is 0 Å². The maximum absolute atomic E-state index is 13.8. The molecule has 5 nitrogen and oxygen atoms in total. The Hall–Kier alpha value is -4.19. The van der Waals surface area contributed by atoms with E-state index in [2.05, 4.69) is 0 Å². The van der Waals surface area contributed by atoms with Crippen molar-refractivity contribution >= 4 is 11.9 Å². The molecule has 172 valence electrons. The van der Waals surface area contributed by atoms with Gasteiger partial charge in [0.15, 0.2) is 0 Å².